The lowest BCUT2D eigenvalue weighted by Crippen LogP contribution is -2.42. The lowest BCUT2D eigenvalue weighted by Gasteiger charge is -2.30. The highest BCUT2D eigenvalue weighted by Crippen LogP contribution is 2.26. The van der Waals surface area contributed by atoms with E-state index in [4.69, 9.17) is 0 Å². The maximum Gasteiger partial charge on any atom is 0.223 e. The molecule has 0 bridgehead atoms. The van der Waals surface area contributed by atoms with Gasteiger partial charge in [0, 0.05) is 30.3 Å². The third-order valence-corrected chi connectivity index (χ3v) is 3.27. The van der Waals surface area contributed by atoms with Crippen LogP contribution in [-0.4, -0.2) is 33.7 Å². The van der Waals surface area contributed by atoms with Crippen LogP contribution < -0.4 is 0 Å². The van der Waals surface area contributed by atoms with Crippen LogP contribution in [0, 0.1) is 0 Å². The molecule has 1 fully saturated rings. The van der Waals surface area contributed by atoms with Crippen molar-refractivity contribution >= 4 is 11.7 Å². The molecular weight excluding hydrogens is 216 g/mol. The van der Waals surface area contributed by atoms with Gasteiger partial charge in [-0.1, -0.05) is 0 Å². The molecule has 2 heterocycles. The molecule has 1 aliphatic heterocycles. The molecule has 1 N–H and O–H groups in total. The Balaban J connectivity index is 1.94. The normalized spacial score (nSPS) is 18.7. The molecule has 1 saturated heterocycles. The SMILES string of the molecule is CC1(C)CC(=O)CN1C(=O)CCc1ccc[nH]1. The van der Waals surface area contributed by atoms with Crippen molar-refractivity contribution in [2.45, 2.75) is 38.6 Å². The molecule has 0 aromatic carbocycles. The summed E-state index contributed by atoms with van der Waals surface area (Å²) in [6.45, 7) is 4.17. The van der Waals surface area contributed by atoms with Crippen LogP contribution in [0.4, 0.5) is 0 Å². The summed E-state index contributed by atoms with van der Waals surface area (Å²) in [5, 5.41) is 0. The highest BCUT2D eigenvalue weighted by atomic mass is 16.2. The lowest BCUT2D eigenvalue weighted by atomic mass is 10.0. The number of carbonyl (C=O) groups is 2. The van der Waals surface area contributed by atoms with Crippen molar-refractivity contribution in [3.05, 3.63) is 24.0 Å². The van der Waals surface area contributed by atoms with Gasteiger partial charge in [0.25, 0.3) is 0 Å². The zero-order chi connectivity index (χ0) is 12.5. The number of aromatic nitrogens is 1. The number of Topliss-reactive ketones (excluding diaryl/α,β-unsaturated/α-hetero) is 1. The zero-order valence-electron chi connectivity index (χ0n) is 10.3. The fourth-order valence-electron chi connectivity index (χ4n) is 2.35. The standard InChI is InChI=1S/C13H18N2O2/c1-13(2)8-11(16)9-15(13)12(17)6-5-10-4-3-7-14-10/h3-4,7,14H,5-6,8-9H2,1-2H3. The van der Waals surface area contributed by atoms with Crippen molar-refractivity contribution < 1.29 is 9.59 Å². The second-order valence-electron chi connectivity index (χ2n) is 5.20. The molecule has 4 nitrogen and oxygen atoms in total. The molecule has 17 heavy (non-hydrogen) atoms. The summed E-state index contributed by atoms with van der Waals surface area (Å²) < 4.78 is 0. The minimum atomic E-state index is -0.316. The number of hydrogen-bond acceptors (Lipinski definition) is 2. The first kappa shape index (κ1) is 11.9. The van der Waals surface area contributed by atoms with E-state index >= 15 is 0 Å². The van der Waals surface area contributed by atoms with E-state index in [0.717, 1.165) is 5.69 Å². The average molecular weight is 234 g/mol. The first-order valence-electron chi connectivity index (χ1n) is 5.93. The summed E-state index contributed by atoms with van der Waals surface area (Å²) in [4.78, 5) is 28.2. The van der Waals surface area contributed by atoms with Crippen molar-refractivity contribution in [1.29, 1.82) is 0 Å². The van der Waals surface area contributed by atoms with E-state index in [0.29, 0.717) is 19.3 Å². The molecule has 1 aliphatic rings. The first-order valence-corrected chi connectivity index (χ1v) is 5.93. The van der Waals surface area contributed by atoms with Gasteiger partial charge in [0.2, 0.25) is 5.91 Å². The fraction of sp³-hybridized carbons (Fsp3) is 0.538. The first-order chi connectivity index (χ1) is 7.99. The van der Waals surface area contributed by atoms with Gasteiger partial charge in [-0.15, -0.1) is 0 Å². The molecule has 0 unspecified atom stereocenters. The van der Waals surface area contributed by atoms with Crippen LogP contribution in [0.3, 0.4) is 0 Å². The second-order valence-corrected chi connectivity index (χ2v) is 5.20. The van der Waals surface area contributed by atoms with Crippen LogP contribution in [0.25, 0.3) is 0 Å². The van der Waals surface area contributed by atoms with Gasteiger partial charge in [-0.2, -0.15) is 0 Å². The van der Waals surface area contributed by atoms with Gasteiger partial charge in [-0.25, -0.2) is 0 Å². The number of amides is 1. The summed E-state index contributed by atoms with van der Waals surface area (Å²) in [6, 6.07) is 3.89. The molecule has 1 aromatic heterocycles. The van der Waals surface area contributed by atoms with Crippen LogP contribution >= 0.6 is 0 Å². The monoisotopic (exact) mass is 234 g/mol. The Morgan fingerprint density at radius 1 is 1.53 bits per heavy atom. The third kappa shape index (κ3) is 2.57. The molecule has 0 saturated carbocycles. The minimum Gasteiger partial charge on any atom is -0.365 e. The Hall–Kier alpha value is -1.58. The lowest BCUT2D eigenvalue weighted by molar-refractivity contribution is -0.135. The summed E-state index contributed by atoms with van der Waals surface area (Å²) in [6.07, 6.45) is 3.48. The largest absolute Gasteiger partial charge is 0.365 e. The van der Waals surface area contributed by atoms with Crippen molar-refractivity contribution in [3.8, 4) is 0 Å². The summed E-state index contributed by atoms with van der Waals surface area (Å²) in [5.74, 6) is 0.221. The number of likely N-dealkylation sites (tertiary alicyclic amines) is 1. The zero-order valence-corrected chi connectivity index (χ0v) is 10.3. The predicted octanol–water partition coefficient (Wildman–Crippen LogP) is 1.53. The molecule has 1 aromatic rings. The maximum absolute atomic E-state index is 12.1. The molecule has 0 radical (unpaired) electrons. The van der Waals surface area contributed by atoms with Crippen LogP contribution in [0.1, 0.15) is 32.4 Å². The molecule has 92 valence electrons. The number of carbonyl (C=O) groups excluding carboxylic acids is 2. The Morgan fingerprint density at radius 2 is 2.29 bits per heavy atom. The van der Waals surface area contributed by atoms with Gasteiger partial charge in [0.15, 0.2) is 5.78 Å². The van der Waals surface area contributed by atoms with Gasteiger partial charge in [0.1, 0.15) is 0 Å². The van der Waals surface area contributed by atoms with Crippen LogP contribution in [-0.2, 0) is 16.0 Å². The highest BCUT2D eigenvalue weighted by molar-refractivity contribution is 5.91. The Labute approximate surface area is 101 Å². The van der Waals surface area contributed by atoms with E-state index in [9.17, 15) is 9.59 Å². The number of rotatable bonds is 3. The molecule has 2 rings (SSSR count). The van der Waals surface area contributed by atoms with E-state index < -0.39 is 0 Å². The fourth-order valence-corrected chi connectivity index (χ4v) is 2.35. The van der Waals surface area contributed by atoms with E-state index in [1.165, 1.54) is 0 Å². The smallest absolute Gasteiger partial charge is 0.223 e. The summed E-state index contributed by atoms with van der Waals surface area (Å²) in [5.41, 5.74) is 0.742. The van der Waals surface area contributed by atoms with Gasteiger partial charge < -0.3 is 9.88 Å². The topological polar surface area (TPSA) is 53.2 Å². The molecule has 0 atom stereocenters. The average Bonchev–Trinajstić information content (AvgIpc) is 2.82. The number of aromatic amines is 1. The second kappa shape index (κ2) is 4.35. The van der Waals surface area contributed by atoms with Crippen LogP contribution in [0.2, 0.25) is 0 Å². The van der Waals surface area contributed by atoms with E-state index in [1.54, 1.807) is 4.90 Å². The Kier molecular flexibility index (Phi) is 3.05. The van der Waals surface area contributed by atoms with Gasteiger partial charge in [-0.05, 0) is 32.4 Å². The Bertz CT molecular complexity index is 421. The summed E-state index contributed by atoms with van der Waals surface area (Å²) in [7, 11) is 0. The number of aryl methyl sites for hydroxylation is 1. The van der Waals surface area contributed by atoms with E-state index in [1.807, 2.05) is 32.2 Å². The van der Waals surface area contributed by atoms with E-state index in [-0.39, 0.29) is 23.8 Å². The third-order valence-electron chi connectivity index (χ3n) is 3.27. The van der Waals surface area contributed by atoms with Crippen molar-refractivity contribution in [3.63, 3.8) is 0 Å². The molecule has 1 amide bonds. The van der Waals surface area contributed by atoms with Gasteiger partial charge >= 0.3 is 0 Å². The quantitative estimate of drug-likeness (QED) is 0.862. The van der Waals surface area contributed by atoms with Crippen LogP contribution in [0.15, 0.2) is 18.3 Å². The predicted molar refractivity (Wildman–Crippen MR) is 64.5 cm³/mol. The van der Waals surface area contributed by atoms with Gasteiger partial charge in [0.05, 0.1) is 6.54 Å². The number of H-pyrrole nitrogens is 1. The number of hydrogen-bond donors (Lipinski definition) is 1. The maximum atomic E-state index is 12.1. The van der Waals surface area contributed by atoms with Crippen molar-refractivity contribution in [1.82, 2.24) is 9.88 Å². The number of nitrogens with one attached hydrogen (secondary N) is 1. The molecule has 0 spiro atoms. The van der Waals surface area contributed by atoms with E-state index in [2.05, 4.69) is 4.98 Å². The highest BCUT2D eigenvalue weighted by Gasteiger charge is 2.39. The number of ketones is 1. The van der Waals surface area contributed by atoms with Gasteiger partial charge in [-0.3, -0.25) is 9.59 Å². The summed E-state index contributed by atoms with van der Waals surface area (Å²) >= 11 is 0. The number of nitrogens with zero attached hydrogens (tertiary/aromatic N) is 1. The van der Waals surface area contributed by atoms with Crippen molar-refractivity contribution in [2.75, 3.05) is 6.54 Å². The molecule has 0 aliphatic carbocycles. The Morgan fingerprint density at radius 3 is 2.82 bits per heavy atom. The van der Waals surface area contributed by atoms with Crippen molar-refractivity contribution in [2.24, 2.45) is 0 Å². The molecular formula is C13H18N2O2. The van der Waals surface area contributed by atoms with Crippen LogP contribution in [0.5, 0.6) is 0 Å². The molecule has 4 heteroatoms. The minimum absolute atomic E-state index is 0.0652.